The fraction of sp³-hybridized carbons (Fsp3) is 0.133. The summed E-state index contributed by atoms with van der Waals surface area (Å²) in [5, 5.41) is 7.61. The molecule has 2 heterocycles. The third-order valence-electron chi connectivity index (χ3n) is 3.19. The molecule has 7 nitrogen and oxygen atoms in total. The molecule has 3 rings (SSSR count). The number of aromatic nitrogens is 3. The molecule has 2 aromatic heterocycles. The normalized spacial score (nSPS) is 11.6. The summed E-state index contributed by atoms with van der Waals surface area (Å²) >= 11 is 0. The van der Waals surface area contributed by atoms with Gasteiger partial charge in [0.15, 0.2) is 0 Å². The number of rotatable bonds is 5. The van der Waals surface area contributed by atoms with Gasteiger partial charge >= 0.3 is 0 Å². The number of aryl methyl sites for hydroxylation is 1. The van der Waals surface area contributed by atoms with Gasteiger partial charge in [-0.3, -0.25) is 4.98 Å². The van der Waals surface area contributed by atoms with Crippen molar-refractivity contribution < 1.29 is 17.2 Å². The average molecular weight is 348 g/mol. The minimum Gasteiger partial charge on any atom is -0.418 e. The van der Waals surface area contributed by atoms with Crippen molar-refractivity contribution in [2.24, 2.45) is 0 Å². The molecule has 0 saturated heterocycles. The Morgan fingerprint density at radius 1 is 1.21 bits per heavy atom. The third kappa shape index (κ3) is 3.47. The SMILES string of the molecule is Cc1cc(F)ccc1S(=O)(=O)NCc1nnc(-c2ccccn2)o1. The van der Waals surface area contributed by atoms with Crippen LogP contribution in [-0.4, -0.2) is 23.6 Å². The minimum absolute atomic E-state index is 0.00614. The molecule has 0 saturated carbocycles. The van der Waals surface area contributed by atoms with E-state index in [0.717, 1.165) is 12.1 Å². The largest absolute Gasteiger partial charge is 0.418 e. The van der Waals surface area contributed by atoms with Gasteiger partial charge in [-0.05, 0) is 42.8 Å². The summed E-state index contributed by atoms with van der Waals surface area (Å²) in [6.45, 7) is 1.34. The Morgan fingerprint density at radius 2 is 2.04 bits per heavy atom. The van der Waals surface area contributed by atoms with Crippen LogP contribution in [0.4, 0.5) is 4.39 Å². The second-order valence-electron chi connectivity index (χ2n) is 4.95. The van der Waals surface area contributed by atoms with Crippen LogP contribution in [0.5, 0.6) is 0 Å². The van der Waals surface area contributed by atoms with Crippen molar-refractivity contribution in [1.29, 1.82) is 0 Å². The second kappa shape index (κ2) is 6.46. The van der Waals surface area contributed by atoms with Crippen molar-refractivity contribution in [3.63, 3.8) is 0 Å². The highest BCUT2D eigenvalue weighted by Gasteiger charge is 2.18. The molecule has 0 fully saturated rings. The highest BCUT2D eigenvalue weighted by atomic mass is 32.2. The number of hydrogen-bond acceptors (Lipinski definition) is 6. The molecule has 124 valence electrons. The maximum atomic E-state index is 13.1. The molecule has 3 aromatic rings. The lowest BCUT2D eigenvalue weighted by Crippen LogP contribution is -2.24. The summed E-state index contributed by atoms with van der Waals surface area (Å²) < 4.78 is 45.4. The summed E-state index contributed by atoms with van der Waals surface area (Å²) in [6, 6.07) is 8.67. The van der Waals surface area contributed by atoms with Crippen LogP contribution in [0.2, 0.25) is 0 Å². The van der Waals surface area contributed by atoms with Gasteiger partial charge < -0.3 is 4.42 Å². The molecule has 9 heteroatoms. The molecule has 0 aliphatic rings. The molecule has 0 spiro atoms. The van der Waals surface area contributed by atoms with Crippen molar-refractivity contribution in [3.05, 3.63) is 59.9 Å². The Bertz CT molecular complexity index is 958. The number of halogens is 1. The predicted octanol–water partition coefficient (Wildman–Crippen LogP) is 2.06. The number of pyridine rings is 1. The number of benzene rings is 1. The molecule has 0 radical (unpaired) electrons. The van der Waals surface area contributed by atoms with E-state index in [1.165, 1.54) is 13.0 Å². The topological polar surface area (TPSA) is 98.0 Å². The zero-order valence-corrected chi connectivity index (χ0v) is 13.4. The third-order valence-corrected chi connectivity index (χ3v) is 4.75. The summed E-state index contributed by atoms with van der Waals surface area (Å²) in [4.78, 5) is 4.06. The molecule has 0 amide bonds. The Morgan fingerprint density at radius 3 is 2.75 bits per heavy atom. The average Bonchev–Trinajstić information content (AvgIpc) is 3.02. The van der Waals surface area contributed by atoms with Crippen molar-refractivity contribution >= 4 is 10.0 Å². The van der Waals surface area contributed by atoms with E-state index < -0.39 is 15.8 Å². The summed E-state index contributed by atoms with van der Waals surface area (Å²) in [6.07, 6.45) is 1.58. The standard InChI is InChI=1S/C15H13FN4O3S/c1-10-8-11(16)5-6-13(10)24(21,22)18-9-14-19-20-15(23-14)12-4-2-3-7-17-12/h2-8,18H,9H2,1H3. The van der Waals surface area contributed by atoms with E-state index >= 15 is 0 Å². The molecule has 24 heavy (non-hydrogen) atoms. The summed E-state index contributed by atoms with van der Waals surface area (Å²) in [5.74, 6) is -0.204. The number of sulfonamides is 1. The van der Waals surface area contributed by atoms with Crippen molar-refractivity contribution in [2.75, 3.05) is 0 Å². The van der Waals surface area contributed by atoms with Crippen molar-refractivity contribution in [3.8, 4) is 11.6 Å². The van der Waals surface area contributed by atoms with Crippen LogP contribution in [0.1, 0.15) is 11.5 Å². The zero-order valence-electron chi connectivity index (χ0n) is 12.6. The molecule has 1 N–H and O–H groups in total. The van der Waals surface area contributed by atoms with E-state index in [0.29, 0.717) is 11.3 Å². The van der Waals surface area contributed by atoms with Gasteiger partial charge in [-0.25, -0.2) is 17.5 Å². The summed E-state index contributed by atoms with van der Waals surface area (Å²) in [5.41, 5.74) is 0.802. The Balaban J connectivity index is 1.75. The molecule has 0 aliphatic heterocycles. The van der Waals surface area contributed by atoms with E-state index in [4.69, 9.17) is 4.42 Å². The van der Waals surface area contributed by atoms with Gasteiger partial charge in [-0.2, -0.15) is 0 Å². The monoisotopic (exact) mass is 348 g/mol. The van der Waals surface area contributed by atoms with E-state index in [9.17, 15) is 12.8 Å². The van der Waals surface area contributed by atoms with Gasteiger partial charge in [0.05, 0.1) is 11.4 Å². The van der Waals surface area contributed by atoms with E-state index in [-0.39, 0.29) is 23.2 Å². The van der Waals surface area contributed by atoms with Crippen LogP contribution < -0.4 is 4.72 Å². The van der Waals surface area contributed by atoms with Crippen LogP contribution in [0, 0.1) is 12.7 Å². The first-order valence-electron chi connectivity index (χ1n) is 6.95. The van der Waals surface area contributed by atoms with Gasteiger partial charge in [-0.15, -0.1) is 10.2 Å². The zero-order chi connectivity index (χ0) is 17.2. The molecule has 0 aliphatic carbocycles. The molecule has 1 aromatic carbocycles. The van der Waals surface area contributed by atoms with E-state index in [1.807, 2.05) is 0 Å². The van der Waals surface area contributed by atoms with E-state index in [2.05, 4.69) is 19.9 Å². The fourth-order valence-electron chi connectivity index (χ4n) is 2.07. The second-order valence-corrected chi connectivity index (χ2v) is 6.69. The molecule has 0 atom stereocenters. The highest BCUT2D eigenvalue weighted by molar-refractivity contribution is 7.89. The van der Waals surface area contributed by atoms with Crippen molar-refractivity contribution in [1.82, 2.24) is 19.9 Å². The highest BCUT2D eigenvalue weighted by Crippen LogP contribution is 2.17. The van der Waals surface area contributed by atoms with Gasteiger partial charge in [-0.1, -0.05) is 6.07 Å². The fourth-order valence-corrected chi connectivity index (χ4v) is 3.27. The predicted molar refractivity (Wildman–Crippen MR) is 82.7 cm³/mol. The molecular weight excluding hydrogens is 335 g/mol. The first-order valence-corrected chi connectivity index (χ1v) is 8.43. The number of nitrogens with zero attached hydrogens (tertiary/aromatic N) is 3. The molecule has 0 bridgehead atoms. The van der Waals surface area contributed by atoms with Gasteiger partial charge in [0.2, 0.25) is 15.9 Å². The van der Waals surface area contributed by atoms with Crippen LogP contribution in [0.15, 0.2) is 51.9 Å². The van der Waals surface area contributed by atoms with Gasteiger partial charge in [0.25, 0.3) is 5.89 Å². The lowest BCUT2D eigenvalue weighted by atomic mass is 10.2. The van der Waals surface area contributed by atoms with Gasteiger partial charge in [0, 0.05) is 6.20 Å². The van der Waals surface area contributed by atoms with Crippen LogP contribution >= 0.6 is 0 Å². The van der Waals surface area contributed by atoms with Gasteiger partial charge in [0.1, 0.15) is 11.5 Å². The maximum Gasteiger partial charge on any atom is 0.266 e. The maximum absolute atomic E-state index is 13.1. The Hall–Kier alpha value is -2.65. The lowest BCUT2D eigenvalue weighted by molar-refractivity contribution is 0.493. The van der Waals surface area contributed by atoms with Crippen LogP contribution in [0.25, 0.3) is 11.6 Å². The quantitative estimate of drug-likeness (QED) is 0.758. The minimum atomic E-state index is -3.82. The van der Waals surface area contributed by atoms with Crippen molar-refractivity contribution in [2.45, 2.75) is 18.4 Å². The molecule has 0 unspecified atom stereocenters. The molecular formula is C15H13FN4O3S. The first kappa shape index (κ1) is 16.2. The van der Waals surface area contributed by atoms with E-state index in [1.54, 1.807) is 24.4 Å². The number of hydrogen-bond donors (Lipinski definition) is 1. The number of nitrogens with one attached hydrogen (secondary N) is 1. The first-order chi connectivity index (χ1) is 11.5. The Kier molecular flexibility index (Phi) is 4.36. The smallest absolute Gasteiger partial charge is 0.266 e. The lowest BCUT2D eigenvalue weighted by Gasteiger charge is -2.07. The summed E-state index contributed by atoms with van der Waals surface area (Å²) in [7, 11) is -3.82. The van der Waals surface area contributed by atoms with Crippen LogP contribution in [-0.2, 0) is 16.6 Å². The van der Waals surface area contributed by atoms with Crippen LogP contribution in [0.3, 0.4) is 0 Å². The Labute approximate surface area is 137 Å².